The Morgan fingerprint density at radius 2 is 2.04 bits per heavy atom. The van der Waals surface area contributed by atoms with Gasteiger partial charge in [0, 0.05) is 13.1 Å². The zero-order valence-electron chi connectivity index (χ0n) is 17.2. The van der Waals surface area contributed by atoms with Gasteiger partial charge in [-0.2, -0.15) is 0 Å². The van der Waals surface area contributed by atoms with Crippen LogP contribution >= 0.6 is 0 Å². The summed E-state index contributed by atoms with van der Waals surface area (Å²) in [5, 5.41) is 8.86. The highest BCUT2D eigenvalue weighted by Gasteiger charge is 2.37. The lowest BCUT2D eigenvalue weighted by atomic mass is 10.1. The molecule has 4 rings (SSSR count). The third kappa shape index (κ3) is 3.51. The van der Waals surface area contributed by atoms with Crippen LogP contribution in [0.3, 0.4) is 0 Å². The van der Waals surface area contributed by atoms with E-state index in [-0.39, 0.29) is 5.91 Å². The third-order valence-electron chi connectivity index (χ3n) is 5.77. The fourth-order valence-corrected chi connectivity index (χ4v) is 4.23. The molecule has 0 unspecified atom stereocenters. The number of hydrogen-bond acceptors (Lipinski definition) is 5. The van der Waals surface area contributed by atoms with Crippen LogP contribution in [0.25, 0.3) is 0 Å². The average Bonchev–Trinajstić information content (AvgIpc) is 3.25. The molecule has 1 atom stereocenters. The van der Waals surface area contributed by atoms with Crippen molar-refractivity contribution in [1.82, 2.24) is 24.6 Å². The molecule has 0 aliphatic carbocycles. The fourth-order valence-electron chi connectivity index (χ4n) is 4.23. The van der Waals surface area contributed by atoms with Crippen LogP contribution in [0.2, 0.25) is 0 Å². The molecule has 0 spiro atoms. The van der Waals surface area contributed by atoms with E-state index in [1.165, 1.54) is 6.42 Å². The normalized spacial score (nSPS) is 20.3. The van der Waals surface area contributed by atoms with Crippen molar-refractivity contribution in [1.29, 1.82) is 0 Å². The van der Waals surface area contributed by atoms with Crippen molar-refractivity contribution in [3.05, 3.63) is 41.5 Å². The van der Waals surface area contributed by atoms with Gasteiger partial charge in [0.15, 0.2) is 17.2 Å². The Morgan fingerprint density at radius 3 is 2.75 bits per heavy atom. The number of aryl methyl sites for hydroxylation is 1. The zero-order valence-corrected chi connectivity index (χ0v) is 17.2. The maximum Gasteiger partial charge on any atom is 0.266 e. The minimum atomic E-state index is -0.940. The van der Waals surface area contributed by atoms with Gasteiger partial charge in [0.1, 0.15) is 5.75 Å². The van der Waals surface area contributed by atoms with E-state index in [1.807, 2.05) is 49.9 Å². The number of benzene rings is 1. The molecule has 0 radical (unpaired) electrons. The standard InChI is InChI=1S/C21H29N5O2/c1-15-7-5-8-16(13-15)28-21(2,3)20(27)25-11-12-26-18(14-25)22-23-19(26)17-9-6-10-24(17)4/h5,7-8,13,17H,6,9-12,14H2,1-4H3/t17-/m1/s1. The predicted molar refractivity (Wildman–Crippen MR) is 106 cm³/mol. The van der Waals surface area contributed by atoms with Crippen LogP contribution in [0.5, 0.6) is 5.75 Å². The largest absolute Gasteiger partial charge is 0.478 e. The minimum Gasteiger partial charge on any atom is -0.478 e. The summed E-state index contributed by atoms with van der Waals surface area (Å²) in [4.78, 5) is 17.3. The van der Waals surface area contributed by atoms with Crippen molar-refractivity contribution in [2.45, 2.75) is 58.3 Å². The molecule has 1 aromatic carbocycles. The topological polar surface area (TPSA) is 63.5 Å². The Morgan fingerprint density at radius 1 is 1.21 bits per heavy atom. The molecular weight excluding hydrogens is 354 g/mol. The fraction of sp³-hybridized carbons (Fsp3) is 0.571. The van der Waals surface area contributed by atoms with Gasteiger partial charge in [-0.1, -0.05) is 12.1 Å². The number of fused-ring (bicyclic) bond motifs is 1. The van der Waals surface area contributed by atoms with E-state index < -0.39 is 5.60 Å². The lowest BCUT2D eigenvalue weighted by Gasteiger charge is -2.35. The number of hydrogen-bond donors (Lipinski definition) is 0. The summed E-state index contributed by atoms with van der Waals surface area (Å²) in [6.45, 7) is 8.62. The van der Waals surface area contributed by atoms with Crippen molar-refractivity contribution in [2.24, 2.45) is 0 Å². The molecule has 7 nitrogen and oxygen atoms in total. The third-order valence-corrected chi connectivity index (χ3v) is 5.77. The summed E-state index contributed by atoms with van der Waals surface area (Å²) in [5.41, 5.74) is 0.168. The van der Waals surface area contributed by atoms with Gasteiger partial charge in [-0.15, -0.1) is 10.2 Å². The molecule has 2 aliphatic heterocycles. The van der Waals surface area contributed by atoms with Gasteiger partial charge in [0.2, 0.25) is 0 Å². The highest BCUT2D eigenvalue weighted by atomic mass is 16.5. The summed E-state index contributed by atoms with van der Waals surface area (Å²) in [6.07, 6.45) is 2.31. The highest BCUT2D eigenvalue weighted by molar-refractivity contribution is 5.84. The number of carbonyl (C=O) groups excluding carboxylic acids is 1. The molecule has 2 aliphatic rings. The Labute approximate surface area is 166 Å². The van der Waals surface area contributed by atoms with Crippen molar-refractivity contribution in [3.8, 4) is 5.75 Å². The quantitative estimate of drug-likeness (QED) is 0.812. The number of likely N-dealkylation sites (tertiary alicyclic amines) is 1. The van der Waals surface area contributed by atoms with Gasteiger partial charge >= 0.3 is 0 Å². The van der Waals surface area contributed by atoms with Crippen LogP contribution in [-0.4, -0.2) is 56.2 Å². The van der Waals surface area contributed by atoms with Crippen LogP contribution < -0.4 is 4.74 Å². The van der Waals surface area contributed by atoms with Gasteiger partial charge in [-0.25, -0.2) is 0 Å². The van der Waals surface area contributed by atoms with E-state index in [9.17, 15) is 4.79 Å². The first-order valence-electron chi connectivity index (χ1n) is 10.0. The lowest BCUT2D eigenvalue weighted by molar-refractivity contribution is -0.147. The number of nitrogens with zero attached hydrogens (tertiary/aromatic N) is 5. The summed E-state index contributed by atoms with van der Waals surface area (Å²) < 4.78 is 8.24. The van der Waals surface area contributed by atoms with E-state index in [4.69, 9.17) is 4.74 Å². The molecule has 1 aromatic heterocycles. The molecule has 0 bridgehead atoms. The predicted octanol–water partition coefficient (Wildman–Crippen LogP) is 2.55. The Kier molecular flexibility index (Phi) is 4.87. The van der Waals surface area contributed by atoms with Gasteiger partial charge < -0.3 is 14.2 Å². The molecule has 7 heteroatoms. The van der Waals surface area contributed by atoms with E-state index >= 15 is 0 Å². The highest BCUT2D eigenvalue weighted by Crippen LogP contribution is 2.31. The molecule has 1 saturated heterocycles. The second-order valence-electron chi connectivity index (χ2n) is 8.42. The van der Waals surface area contributed by atoms with Crippen molar-refractivity contribution < 1.29 is 9.53 Å². The van der Waals surface area contributed by atoms with Crippen LogP contribution in [-0.2, 0) is 17.9 Å². The molecule has 150 valence electrons. The molecule has 3 heterocycles. The smallest absolute Gasteiger partial charge is 0.266 e. The molecule has 0 saturated carbocycles. The minimum absolute atomic E-state index is 0.0252. The second-order valence-corrected chi connectivity index (χ2v) is 8.42. The number of amides is 1. The average molecular weight is 383 g/mol. The summed E-state index contributed by atoms with van der Waals surface area (Å²) in [6, 6.07) is 8.13. The number of carbonyl (C=O) groups is 1. The molecular formula is C21H29N5O2. The summed E-state index contributed by atoms with van der Waals surface area (Å²) in [5.74, 6) is 2.59. The van der Waals surface area contributed by atoms with Gasteiger partial charge in [0.05, 0.1) is 12.6 Å². The van der Waals surface area contributed by atoms with E-state index in [0.717, 1.165) is 36.7 Å². The van der Waals surface area contributed by atoms with E-state index in [0.29, 0.717) is 24.9 Å². The molecule has 1 amide bonds. The second kappa shape index (κ2) is 7.20. The Balaban J connectivity index is 1.48. The number of rotatable bonds is 4. The van der Waals surface area contributed by atoms with Crippen LogP contribution in [0.15, 0.2) is 24.3 Å². The Hall–Kier alpha value is -2.41. The van der Waals surface area contributed by atoms with E-state index in [1.54, 1.807) is 0 Å². The van der Waals surface area contributed by atoms with Gasteiger partial charge in [0.25, 0.3) is 5.91 Å². The van der Waals surface area contributed by atoms with Gasteiger partial charge in [-0.05, 0) is 64.9 Å². The monoisotopic (exact) mass is 383 g/mol. The SMILES string of the molecule is Cc1cccc(OC(C)(C)C(=O)N2CCn3c(nnc3[C@H]3CCCN3C)C2)c1. The van der Waals surface area contributed by atoms with Crippen LogP contribution in [0.1, 0.15) is 49.9 Å². The first kappa shape index (κ1) is 18.9. The lowest BCUT2D eigenvalue weighted by Crippen LogP contribution is -2.51. The maximum atomic E-state index is 13.2. The summed E-state index contributed by atoms with van der Waals surface area (Å²) >= 11 is 0. The first-order chi connectivity index (χ1) is 13.3. The first-order valence-corrected chi connectivity index (χ1v) is 10.0. The number of ether oxygens (including phenoxy) is 1. The Bertz CT molecular complexity index is 875. The van der Waals surface area contributed by atoms with Crippen molar-refractivity contribution in [3.63, 3.8) is 0 Å². The van der Waals surface area contributed by atoms with E-state index in [2.05, 4.69) is 26.7 Å². The van der Waals surface area contributed by atoms with Gasteiger partial charge in [-0.3, -0.25) is 9.69 Å². The zero-order chi connectivity index (χ0) is 19.9. The van der Waals surface area contributed by atoms with Crippen LogP contribution in [0.4, 0.5) is 0 Å². The molecule has 0 N–H and O–H groups in total. The maximum absolute atomic E-state index is 13.2. The molecule has 2 aromatic rings. The molecule has 1 fully saturated rings. The number of aromatic nitrogens is 3. The molecule has 28 heavy (non-hydrogen) atoms. The van der Waals surface area contributed by atoms with Crippen molar-refractivity contribution in [2.75, 3.05) is 20.1 Å². The van der Waals surface area contributed by atoms with Crippen molar-refractivity contribution >= 4 is 5.91 Å². The van der Waals surface area contributed by atoms with Crippen LogP contribution in [0, 0.1) is 6.92 Å². The summed E-state index contributed by atoms with van der Waals surface area (Å²) in [7, 11) is 2.14.